The summed E-state index contributed by atoms with van der Waals surface area (Å²) in [5, 5.41) is 11.4. The van der Waals surface area contributed by atoms with Gasteiger partial charge >= 0.3 is 0 Å². The van der Waals surface area contributed by atoms with Crippen LogP contribution in [-0.4, -0.2) is 27.7 Å². The lowest BCUT2D eigenvalue weighted by Crippen LogP contribution is -2.66. The minimum atomic E-state index is -0.817. The number of aliphatic hydroxyl groups is 1. The van der Waals surface area contributed by atoms with E-state index in [1.807, 2.05) is 13.0 Å². The van der Waals surface area contributed by atoms with Crippen LogP contribution in [0, 0.1) is 34.5 Å². The van der Waals surface area contributed by atoms with E-state index in [-0.39, 0.29) is 23.0 Å². The van der Waals surface area contributed by atoms with Crippen LogP contribution in [0.25, 0.3) is 0 Å². The van der Waals surface area contributed by atoms with E-state index < -0.39 is 16.4 Å². The highest BCUT2D eigenvalue weighted by Gasteiger charge is 2.70. The molecule has 3 saturated carbocycles. The lowest BCUT2D eigenvalue weighted by molar-refractivity contribution is -0.136. The topological polar surface area (TPSA) is 54.4 Å². The van der Waals surface area contributed by atoms with Crippen LogP contribution >= 0.6 is 11.6 Å². The number of fused-ring (bicyclic) bond motifs is 5. The Morgan fingerprint density at radius 1 is 1.33 bits per heavy atom. The predicted molar refractivity (Wildman–Crippen MR) is 106 cm³/mol. The maximum atomic E-state index is 12.8. The van der Waals surface area contributed by atoms with Crippen molar-refractivity contribution < 1.29 is 14.7 Å². The Kier molecular flexibility index (Phi) is 4.33. The van der Waals surface area contributed by atoms with Gasteiger partial charge in [0.25, 0.3) is 0 Å². The smallest absolute Gasteiger partial charge is 0.178 e. The molecule has 4 aliphatic carbocycles. The summed E-state index contributed by atoms with van der Waals surface area (Å²) in [6.45, 7) is 8.44. The standard InChI is InChI=1S/C23H31ClO3/c1-5-18(26)20-13(2)10-17-16-7-6-14-11-15(25)8-9-22(14,4)23(16,24)19(27)12-21(17,20)3/h8-9,11,13,16-17,19-20,27H,5-7,10,12H2,1-4H3/t13-,16?,17+,19?,20?,21?,22?,23+/m1/s1. The Morgan fingerprint density at radius 3 is 2.70 bits per heavy atom. The molecule has 8 atom stereocenters. The molecule has 0 spiro atoms. The number of aliphatic hydroxyl groups excluding tert-OH is 1. The Morgan fingerprint density at radius 2 is 2.04 bits per heavy atom. The van der Waals surface area contributed by atoms with Crippen molar-refractivity contribution >= 4 is 23.2 Å². The predicted octanol–water partition coefficient (Wildman–Crippen LogP) is 4.47. The zero-order valence-electron chi connectivity index (χ0n) is 16.8. The summed E-state index contributed by atoms with van der Waals surface area (Å²) >= 11 is 7.39. The third kappa shape index (κ3) is 2.31. The molecule has 1 N–H and O–H groups in total. The van der Waals surface area contributed by atoms with Gasteiger partial charge in [-0.25, -0.2) is 0 Å². The molecule has 5 unspecified atom stereocenters. The summed E-state index contributed by atoms with van der Waals surface area (Å²) in [5.74, 6) is 1.15. The molecule has 0 amide bonds. The van der Waals surface area contributed by atoms with Gasteiger partial charge in [-0.1, -0.05) is 39.3 Å². The van der Waals surface area contributed by atoms with Crippen molar-refractivity contribution in [1.82, 2.24) is 0 Å². The van der Waals surface area contributed by atoms with Gasteiger partial charge in [-0.05, 0) is 61.0 Å². The first-order valence-electron chi connectivity index (χ1n) is 10.4. The van der Waals surface area contributed by atoms with Crippen molar-refractivity contribution in [3.05, 3.63) is 23.8 Å². The van der Waals surface area contributed by atoms with Gasteiger partial charge in [0, 0.05) is 17.8 Å². The average Bonchev–Trinajstić information content (AvgIpc) is 2.86. The molecule has 4 aliphatic rings. The molecule has 0 saturated heterocycles. The zero-order chi connectivity index (χ0) is 19.8. The highest BCUT2D eigenvalue weighted by atomic mass is 35.5. The monoisotopic (exact) mass is 390 g/mol. The number of ketones is 2. The summed E-state index contributed by atoms with van der Waals surface area (Å²) in [6.07, 6.45) is 8.39. The van der Waals surface area contributed by atoms with E-state index in [1.54, 1.807) is 12.2 Å². The maximum Gasteiger partial charge on any atom is 0.178 e. The van der Waals surface area contributed by atoms with Gasteiger partial charge in [-0.3, -0.25) is 9.59 Å². The van der Waals surface area contributed by atoms with Crippen molar-refractivity contribution in [3.63, 3.8) is 0 Å². The molecule has 0 aromatic carbocycles. The fourth-order valence-corrected chi connectivity index (χ4v) is 8.01. The second-order valence-electron chi connectivity index (χ2n) is 9.86. The number of Topliss-reactive ketones (excluding diaryl/α,β-unsaturated/α-hetero) is 1. The quantitative estimate of drug-likeness (QED) is 0.708. The second-order valence-corrected chi connectivity index (χ2v) is 10.5. The van der Waals surface area contributed by atoms with E-state index in [2.05, 4.69) is 20.8 Å². The number of carbonyl (C=O) groups excluding carboxylic acids is 2. The van der Waals surface area contributed by atoms with Gasteiger partial charge in [-0.15, -0.1) is 11.6 Å². The minimum Gasteiger partial charge on any atom is -0.391 e. The molecular formula is C23H31ClO3. The van der Waals surface area contributed by atoms with E-state index in [1.165, 1.54) is 0 Å². The lowest BCUT2D eigenvalue weighted by atomic mass is 9.46. The van der Waals surface area contributed by atoms with Crippen LogP contribution in [-0.2, 0) is 9.59 Å². The number of halogens is 1. The van der Waals surface area contributed by atoms with Crippen LogP contribution in [0.3, 0.4) is 0 Å². The number of hydrogen-bond donors (Lipinski definition) is 1. The molecular weight excluding hydrogens is 360 g/mol. The van der Waals surface area contributed by atoms with Crippen molar-refractivity contribution in [1.29, 1.82) is 0 Å². The highest BCUT2D eigenvalue weighted by Crippen LogP contribution is 2.70. The van der Waals surface area contributed by atoms with E-state index in [0.717, 1.165) is 24.8 Å². The normalized spacial score (nSPS) is 51.3. The zero-order valence-corrected chi connectivity index (χ0v) is 17.6. The summed E-state index contributed by atoms with van der Waals surface area (Å²) < 4.78 is 0. The molecule has 27 heavy (non-hydrogen) atoms. The molecule has 0 radical (unpaired) electrons. The first-order chi connectivity index (χ1) is 12.6. The fraction of sp³-hybridized carbons (Fsp3) is 0.739. The van der Waals surface area contributed by atoms with Crippen LogP contribution in [0.4, 0.5) is 0 Å². The highest BCUT2D eigenvalue weighted by molar-refractivity contribution is 6.26. The summed E-state index contributed by atoms with van der Waals surface area (Å²) in [6, 6.07) is 0. The van der Waals surface area contributed by atoms with E-state index in [0.29, 0.717) is 30.5 Å². The first kappa shape index (κ1) is 19.4. The van der Waals surface area contributed by atoms with Crippen LogP contribution < -0.4 is 0 Å². The first-order valence-corrected chi connectivity index (χ1v) is 10.8. The van der Waals surface area contributed by atoms with Crippen LogP contribution in [0.2, 0.25) is 0 Å². The molecule has 148 valence electrons. The van der Waals surface area contributed by atoms with Crippen LogP contribution in [0.1, 0.15) is 59.8 Å². The minimum absolute atomic E-state index is 0.0107. The van der Waals surface area contributed by atoms with Gasteiger partial charge in [0.1, 0.15) is 5.78 Å². The van der Waals surface area contributed by atoms with E-state index in [9.17, 15) is 14.7 Å². The van der Waals surface area contributed by atoms with Crippen LogP contribution in [0.15, 0.2) is 23.8 Å². The number of allylic oxidation sites excluding steroid dienone is 4. The fourth-order valence-electron chi connectivity index (χ4n) is 7.48. The van der Waals surface area contributed by atoms with E-state index >= 15 is 0 Å². The number of carbonyl (C=O) groups is 2. The summed E-state index contributed by atoms with van der Waals surface area (Å²) in [5.41, 5.74) is 0.347. The Bertz CT molecular complexity index is 755. The van der Waals surface area contributed by atoms with E-state index in [4.69, 9.17) is 11.6 Å². The third-order valence-corrected chi connectivity index (χ3v) is 9.60. The second kappa shape index (κ2) is 6.03. The van der Waals surface area contributed by atoms with Gasteiger partial charge in [0.2, 0.25) is 0 Å². The SMILES string of the molecule is CCC(=O)C1[C@H](C)C[C@H]2C3CCC4=CC(=O)C=CC4(C)[C@@]3(Cl)C(O)CC12C. The Balaban J connectivity index is 1.80. The average molecular weight is 391 g/mol. The molecule has 4 rings (SSSR count). The molecule has 0 bridgehead atoms. The van der Waals surface area contributed by atoms with Crippen molar-refractivity contribution in [3.8, 4) is 0 Å². The van der Waals surface area contributed by atoms with Crippen molar-refractivity contribution in [2.45, 2.75) is 70.8 Å². The molecule has 3 nitrogen and oxygen atoms in total. The molecule has 0 aromatic rings. The Labute approximate surface area is 167 Å². The van der Waals surface area contributed by atoms with Gasteiger partial charge < -0.3 is 5.11 Å². The summed E-state index contributed by atoms with van der Waals surface area (Å²) in [7, 11) is 0. The number of rotatable bonds is 2. The molecule has 0 aromatic heterocycles. The Hall–Kier alpha value is -0.930. The van der Waals surface area contributed by atoms with Crippen molar-refractivity contribution in [2.24, 2.45) is 34.5 Å². The van der Waals surface area contributed by atoms with Crippen LogP contribution in [0.5, 0.6) is 0 Å². The lowest BCUT2D eigenvalue weighted by Gasteiger charge is -2.63. The maximum absolute atomic E-state index is 12.8. The van der Waals surface area contributed by atoms with Gasteiger partial charge in [0.15, 0.2) is 5.78 Å². The largest absolute Gasteiger partial charge is 0.391 e. The summed E-state index contributed by atoms with van der Waals surface area (Å²) in [4.78, 5) is 23.9. The van der Waals surface area contributed by atoms with Gasteiger partial charge in [-0.2, -0.15) is 0 Å². The van der Waals surface area contributed by atoms with Crippen molar-refractivity contribution in [2.75, 3.05) is 0 Å². The number of hydrogen-bond acceptors (Lipinski definition) is 3. The molecule has 0 heterocycles. The molecule has 3 fully saturated rings. The molecule has 0 aliphatic heterocycles. The number of alkyl halides is 1. The third-order valence-electron chi connectivity index (χ3n) is 8.68. The molecule has 4 heteroatoms. The van der Waals surface area contributed by atoms with Gasteiger partial charge in [0.05, 0.1) is 11.0 Å².